The molecule has 0 amide bonds. The molecule has 1 aromatic heterocycles. The minimum atomic E-state index is 0.00386. The summed E-state index contributed by atoms with van der Waals surface area (Å²) in [5.74, 6) is 1.86. The van der Waals surface area contributed by atoms with Crippen molar-refractivity contribution in [2.75, 3.05) is 0 Å². The van der Waals surface area contributed by atoms with Crippen molar-refractivity contribution < 1.29 is 4.79 Å². The molecule has 0 fully saturated rings. The maximum absolute atomic E-state index is 10.7. The molecule has 0 aliphatic carbocycles. The van der Waals surface area contributed by atoms with E-state index in [2.05, 4.69) is 32.7 Å². The Bertz CT molecular complexity index is 451. The van der Waals surface area contributed by atoms with Crippen LogP contribution in [0, 0.1) is 23.2 Å². The van der Waals surface area contributed by atoms with E-state index in [4.69, 9.17) is 16.9 Å². The van der Waals surface area contributed by atoms with E-state index < -0.39 is 0 Å². The Kier molecular flexibility index (Phi) is 16.1. The number of hydrogen-bond acceptors (Lipinski definition) is 3. The fourth-order valence-electron chi connectivity index (χ4n) is 1.73. The van der Waals surface area contributed by atoms with Gasteiger partial charge in [0.2, 0.25) is 0 Å². The van der Waals surface area contributed by atoms with Gasteiger partial charge in [-0.15, -0.1) is 0 Å². The van der Waals surface area contributed by atoms with Crippen molar-refractivity contribution in [3.8, 4) is 6.07 Å². The number of pyridine rings is 1. The number of nitrogens with zero attached hydrogens (tertiary/aromatic N) is 2. The summed E-state index contributed by atoms with van der Waals surface area (Å²) < 4.78 is 0. The number of Topliss-reactive ketones (excluding diaryl/α,β-unsaturated/α-hetero) is 1. The second kappa shape index (κ2) is 15.5. The quantitative estimate of drug-likeness (QED) is 0.465. The Morgan fingerprint density at radius 2 is 1.83 bits per heavy atom. The lowest BCUT2D eigenvalue weighted by atomic mass is 9.90. The number of carbonyl (C=O) groups is 1. The molecule has 1 heterocycles. The van der Waals surface area contributed by atoms with Gasteiger partial charge in [-0.2, -0.15) is 5.26 Å². The molecule has 23 heavy (non-hydrogen) atoms. The molecule has 1 unspecified atom stereocenters. The van der Waals surface area contributed by atoms with Crippen molar-refractivity contribution >= 4 is 17.4 Å². The third kappa shape index (κ3) is 14.0. The van der Waals surface area contributed by atoms with E-state index in [0.29, 0.717) is 17.1 Å². The third-order valence-corrected chi connectivity index (χ3v) is 3.87. The number of halogens is 1. The van der Waals surface area contributed by atoms with E-state index in [1.807, 2.05) is 13.0 Å². The first-order chi connectivity index (χ1) is 10.8. The summed E-state index contributed by atoms with van der Waals surface area (Å²) in [5, 5.41) is 8.03. The lowest BCUT2D eigenvalue weighted by Crippen LogP contribution is -2.05. The SMILES string of the molecule is CC(=O)c1ccc(Cl)nc1.CCC#N.CCCC(C)[C@H](C)CC. The van der Waals surface area contributed by atoms with Crippen LogP contribution in [-0.2, 0) is 0 Å². The Morgan fingerprint density at radius 3 is 2.13 bits per heavy atom. The fourth-order valence-corrected chi connectivity index (χ4v) is 1.84. The average Bonchev–Trinajstić information content (AvgIpc) is 2.55. The van der Waals surface area contributed by atoms with E-state index in [0.717, 1.165) is 11.8 Å². The van der Waals surface area contributed by atoms with Gasteiger partial charge in [-0.3, -0.25) is 4.79 Å². The van der Waals surface area contributed by atoms with E-state index in [-0.39, 0.29) is 5.78 Å². The molecular weight excluding hydrogens is 308 g/mol. The van der Waals surface area contributed by atoms with Gasteiger partial charge in [0.15, 0.2) is 5.78 Å². The molecule has 0 spiro atoms. The first-order valence-electron chi connectivity index (χ1n) is 8.33. The van der Waals surface area contributed by atoms with Crippen molar-refractivity contribution in [1.29, 1.82) is 5.26 Å². The Hall–Kier alpha value is -1.40. The van der Waals surface area contributed by atoms with Crippen LogP contribution in [0.15, 0.2) is 18.3 Å². The lowest BCUT2D eigenvalue weighted by Gasteiger charge is -2.16. The van der Waals surface area contributed by atoms with Gasteiger partial charge in [0, 0.05) is 18.2 Å². The van der Waals surface area contributed by atoms with E-state index in [1.54, 1.807) is 12.1 Å². The number of aromatic nitrogens is 1. The maximum Gasteiger partial charge on any atom is 0.161 e. The van der Waals surface area contributed by atoms with Crippen molar-refractivity contribution in [2.24, 2.45) is 11.8 Å². The summed E-state index contributed by atoms with van der Waals surface area (Å²) in [5.41, 5.74) is 0.587. The minimum Gasteiger partial charge on any atom is -0.294 e. The molecule has 1 aromatic rings. The summed E-state index contributed by atoms with van der Waals surface area (Å²) in [4.78, 5) is 14.4. The predicted molar refractivity (Wildman–Crippen MR) is 98.7 cm³/mol. The molecule has 0 aliphatic rings. The zero-order chi connectivity index (χ0) is 18.3. The van der Waals surface area contributed by atoms with Crippen molar-refractivity contribution in [3.63, 3.8) is 0 Å². The topological polar surface area (TPSA) is 53.8 Å². The van der Waals surface area contributed by atoms with Gasteiger partial charge in [0.1, 0.15) is 5.15 Å². The van der Waals surface area contributed by atoms with E-state index in [1.165, 1.54) is 32.4 Å². The van der Waals surface area contributed by atoms with Gasteiger partial charge in [0.05, 0.1) is 6.07 Å². The number of carbonyl (C=O) groups excluding carboxylic acids is 1. The zero-order valence-electron chi connectivity index (χ0n) is 15.4. The summed E-state index contributed by atoms with van der Waals surface area (Å²) in [6.45, 7) is 12.6. The molecule has 0 aliphatic heterocycles. The van der Waals surface area contributed by atoms with Crippen molar-refractivity contribution in [2.45, 2.75) is 67.2 Å². The Balaban J connectivity index is 0. The third-order valence-electron chi connectivity index (χ3n) is 3.65. The maximum atomic E-state index is 10.7. The first-order valence-corrected chi connectivity index (χ1v) is 8.71. The molecule has 130 valence electrons. The molecule has 0 N–H and O–H groups in total. The summed E-state index contributed by atoms with van der Waals surface area (Å²) >= 11 is 5.49. The lowest BCUT2D eigenvalue weighted by molar-refractivity contribution is 0.101. The van der Waals surface area contributed by atoms with Crippen molar-refractivity contribution in [3.05, 3.63) is 29.0 Å². The molecule has 0 aromatic carbocycles. The number of nitriles is 1. The van der Waals surface area contributed by atoms with Crippen LogP contribution in [0.3, 0.4) is 0 Å². The standard InChI is InChI=1S/C9H20.C7H6ClNO.C3H5N/c1-5-7-9(4)8(3)6-2;1-5(10)6-2-3-7(8)9-4-6;1-2-3-4/h8-9H,5-7H2,1-4H3;2-4H,1H3;2H2,1H3/t8-,9?;;/m1../s1. The second-order valence-electron chi connectivity index (χ2n) is 5.59. The van der Waals surface area contributed by atoms with Crippen LogP contribution in [0.2, 0.25) is 5.15 Å². The van der Waals surface area contributed by atoms with Crippen LogP contribution in [0.25, 0.3) is 0 Å². The normalized spacial score (nSPS) is 11.7. The molecule has 0 saturated heterocycles. The van der Waals surface area contributed by atoms with Gasteiger partial charge >= 0.3 is 0 Å². The highest BCUT2D eigenvalue weighted by Gasteiger charge is 2.07. The number of ketones is 1. The average molecular weight is 339 g/mol. The molecule has 0 radical (unpaired) electrons. The van der Waals surface area contributed by atoms with Gasteiger partial charge in [-0.05, 0) is 30.9 Å². The second-order valence-corrected chi connectivity index (χ2v) is 5.98. The zero-order valence-corrected chi connectivity index (χ0v) is 16.2. The molecule has 2 atom stereocenters. The van der Waals surface area contributed by atoms with Crippen LogP contribution in [-0.4, -0.2) is 10.8 Å². The summed E-state index contributed by atoms with van der Waals surface area (Å²) in [6, 6.07) is 5.18. The molecule has 1 rings (SSSR count). The monoisotopic (exact) mass is 338 g/mol. The highest BCUT2D eigenvalue weighted by Crippen LogP contribution is 2.18. The Morgan fingerprint density at radius 1 is 1.26 bits per heavy atom. The molecule has 4 heteroatoms. The molecule has 3 nitrogen and oxygen atoms in total. The summed E-state index contributed by atoms with van der Waals surface area (Å²) in [7, 11) is 0. The van der Waals surface area contributed by atoms with Crippen LogP contribution < -0.4 is 0 Å². The van der Waals surface area contributed by atoms with Crippen LogP contribution in [0.1, 0.15) is 77.6 Å². The highest BCUT2D eigenvalue weighted by atomic mass is 35.5. The predicted octanol–water partition coefficient (Wildman–Crippen LogP) is 6.33. The molecule has 0 saturated carbocycles. The summed E-state index contributed by atoms with van der Waals surface area (Å²) in [6.07, 6.45) is 6.16. The molecule has 0 bridgehead atoms. The van der Waals surface area contributed by atoms with E-state index in [9.17, 15) is 4.79 Å². The molecular formula is C19H31ClN2O. The number of rotatable bonds is 5. The van der Waals surface area contributed by atoms with Gasteiger partial charge in [-0.1, -0.05) is 65.5 Å². The first kappa shape index (κ1) is 23.9. The van der Waals surface area contributed by atoms with Gasteiger partial charge in [-0.25, -0.2) is 4.98 Å². The van der Waals surface area contributed by atoms with Crippen molar-refractivity contribution in [1.82, 2.24) is 4.98 Å². The fraction of sp³-hybridized carbons (Fsp3) is 0.632. The van der Waals surface area contributed by atoms with Crippen LogP contribution >= 0.6 is 11.6 Å². The van der Waals surface area contributed by atoms with Crippen LogP contribution in [0.4, 0.5) is 0 Å². The number of hydrogen-bond donors (Lipinski definition) is 0. The highest BCUT2D eigenvalue weighted by molar-refractivity contribution is 6.29. The van der Waals surface area contributed by atoms with Gasteiger partial charge < -0.3 is 0 Å². The van der Waals surface area contributed by atoms with Crippen LogP contribution in [0.5, 0.6) is 0 Å². The Labute approximate surface area is 147 Å². The van der Waals surface area contributed by atoms with Gasteiger partial charge in [0.25, 0.3) is 0 Å². The smallest absolute Gasteiger partial charge is 0.161 e. The minimum absolute atomic E-state index is 0.00386. The van der Waals surface area contributed by atoms with E-state index >= 15 is 0 Å². The largest absolute Gasteiger partial charge is 0.294 e.